The van der Waals surface area contributed by atoms with Gasteiger partial charge in [-0.1, -0.05) is 6.07 Å². The number of aromatic nitrogens is 1. The highest BCUT2D eigenvalue weighted by Gasteiger charge is 2.16. The van der Waals surface area contributed by atoms with Crippen molar-refractivity contribution in [2.75, 3.05) is 5.32 Å². The van der Waals surface area contributed by atoms with E-state index in [0.29, 0.717) is 5.56 Å². The van der Waals surface area contributed by atoms with Crippen LogP contribution in [-0.2, 0) is 0 Å². The molecular weight excluding hydrogens is 380 g/mol. The highest BCUT2D eigenvalue weighted by molar-refractivity contribution is 9.11. The Hall–Kier alpha value is -0.720. The van der Waals surface area contributed by atoms with Gasteiger partial charge in [-0.15, -0.1) is 0 Å². The number of anilines is 2. The Morgan fingerprint density at radius 3 is 2.50 bits per heavy atom. The molecule has 6 heteroatoms. The van der Waals surface area contributed by atoms with Crippen LogP contribution in [0.1, 0.15) is 23.0 Å². The Kier molecular flexibility index (Phi) is 4.19. The molecule has 0 aliphatic rings. The van der Waals surface area contributed by atoms with E-state index in [2.05, 4.69) is 41.6 Å². The largest absolute Gasteiger partial charge is 0.344 e. The van der Waals surface area contributed by atoms with Crippen LogP contribution in [0.15, 0.2) is 27.1 Å². The number of benzene rings is 1. The lowest BCUT2D eigenvalue weighted by atomic mass is 10.2. The lowest BCUT2D eigenvalue weighted by Gasteiger charge is -2.09. The molecule has 0 saturated heterocycles. The topological polar surface area (TPSA) is 42.0 Å². The summed E-state index contributed by atoms with van der Waals surface area (Å²) in [6, 6.07) is 5.81. The van der Waals surface area contributed by atoms with Crippen LogP contribution in [0.2, 0.25) is 0 Å². The van der Waals surface area contributed by atoms with E-state index in [1.807, 2.05) is 25.1 Å². The van der Waals surface area contributed by atoms with Crippen LogP contribution in [0.5, 0.6) is 0 Å². The molecule has 1 aromatic heterocycles. The van der Waals surface area contributed by atoms with E-state index in [-0.39, 0.29) is 5.78 Å². The highest BCUT2D eigenvalue weighted by atomic mass is 79.9. The number of nitrogens with zero attached hydrogens (tertiary/aromatic N) is 1. The van der Waals surface area contributed by atoms with Crippen molar-refractivity contribution in [3.63, 3.8) is 0 Å². The molecule has 2 rings (SSSR count). The van der Waals surface area contributed by atoms with Gasteiger partial charge < -0.3 is 5.32 Å². The van der Waals surface area contributed by atoms with Crippen molar-refractivity contribution in [3.8, 4) is 0 Å². The second kappa shape index (κ2) is 5.50. The molecule has 18 heavy (non-hydrogen) atoms. The number of Topliss-reactive ketones (excluding diaryl/α,β-unsaturated/α-hetero) is 1. The molecule has 0 bridgehead atoms. The van der Waals surface area contributed by atoms with Crippen molar-refractivity contribution in [3.05, 3.63) is 38.4 Å². The Morgan fingerprint density at radius 1 is 1.33 bits per heavy atom. The van der Waals surface area contributed by atoms with E-state index in [1.165, 1.54) is 11.5 Å². The second-order valence-corrected chi connectivity index (χ2v) is 6.23. The molecular formula is C12H10Br2N2OS. The number of halogens is 2. The maximum absolute atomic E-state index is 11.6. The van der Waals surface area contributed by atoms with E-state index in [0.717, 1.165) is 25.3 Å². The zero-order valence-corrected chi connectivity index (χ0v) is 13.7. The first-order valence-corrected chi connectivity index (χ1v) is 7.55. The standard InChI is InChI=1S/C12H10Br2N2OS/c1-6-10(7(2)17)12(18-16-6)15-11-8(13)4-3-5-9(11)14/h3-5,15H,1-2H3. The summed E-state index contributed by atoms with van der Waals surface area (Å²) in [6.45, 7) is 3.39. The molecule has 0 aliphatic carbocycles. The summed E-state index contributed by atoms with van der Waals surface area (Å²) in [4.78, 5) is 11.6. The van der Waals surface area contributed by atoms with Gasteiger partial charge in [-0.3, -0.25) is 4.79 Å². The predicted molar refractivity (Wildman–Crippen MR) is 82.0 cm³/mol. The summed E-state index contributed by atoms with van der Waals surface area (Å²) in [6.07, 6.45) is 0. The van der Waals surface area contributed by atoms with Crippen LogP contribution in [0, 0.1) is 6.92 Å². The number of carbonyl (C=O) groups excluding carboxylic acids is 1. The summed E-state index contributed by atoms with van der Waals surface area (Å²) in [7, 11) is 0. The molecule has 0 spiro atoms. The smallest absolute Gasteiger partial charge is 0.164 e. The number of nitrogens with one attached hydrogen (secondary N) is 1. The van der Waals surface area contributed by atoms with Gasteiger partial charge in [0.1, 0.15) is 5.00 Å². The summed E-state index contributed by atoms with van der Waals surface area (Å²) in [5.74, 6) is 0.0203. The van der Waals surface area contributed by atoms with Crippen LogP contribution in [-0.4, -0.2) is 10.2 Å². The average molecular weight is 390 g/mol. The molecule has 0 aliphatic heterocycles. The van der Waals surface area contributed by atoms with E-state index in [9.17, 15) is 4.79 Å². The lowest BCUT2D eigenvalue weighted by Crippen LogP contribution is -1.99. The van der Waals surface area contributed by atoms with Crippen LogP contribution < -0.4 is 5.32 Å². The van der Waals surface area contributed by atoms with Crippen LogP contribution in [0.25, 0.3) is 0 Å². The number of hydrogen-bond donors (Lipinski definition) is 1. The van der Waals surface area contributed by atoms with Crippen molar-refractivity contribution in [2.45, 2.75) is 13.8 Å². The summed E-state index contributed by atoms with van der Waals surface area (Å²) in [5.41, 5.74) is 2.31. The number of para-hydroxylation sites is 1. The van der Waals surface area contributed by atoms with E-state index < -0.39 is 0 Å². The first kappa shape index (κ1) is 13.7. The number of carbonyl (C=O) groups is 1. The SMILES string of the molecule is CC(=O)c1c(C)nsc1Nc1c(Br)cccc1Br. The van der Waals surface area contributed by atoms with Crippen molar-refractivity contribution < 1.29 is 4.79 Å². The molecule has 0 amide bonds. The minimum Gasteiger partial charge on any atom is -0.344 e. The molecule has 3 nitrogen and oxygen atoms in total. The number of hydrogen-bond acceptors (Lipinski definition) is 4. The molecule has 2 aromatic rings. The van der Waals surface area contributed by atoms with E-state index >= 15 is 0 Å². The van der Waals surface area contributed by atoms with Crippen molar-refractivity contribution in [1.82, 2.24) is 4.37 Å². The zero-order chi connectivity index (χ0) is 13.3. The van der Waals surface area contributed by atoms with Crippen LogP contribution in [0.4, 0.5) is 10.7 Å². The van der Waals surface area contributed by atoms with Gasteiger partial charge >= 0.3 is 0 Å². The van der Waals surface area contributed by atoms with Gasteiger partial charge in [-0.25, -0.2) is 0 Å². The lowest BCUT2D eigenvalue weighted by molar-refractivity contribution is 0.101. The van der Waals surface area contributed by atoms with E-state index in [4.69, 9.17) is 0 Å². The summed E-state index contributed by atoms with van der Waals surface area (Å²) >= 11 is 8.25. The van der Waals surface area contributed by atoms with Crippen molar-refractivity contribution in [2.24, 2.45) is 0 Å². The number of ketones is 1. The predicted octanol–water partition coefficient (Wildman–Crippen LogP) is 4.92. The normalized spacial score (nSPS) is 10.4. The minimum absolute atomic E-state index is 0.0203. The van der Waals surface area contributed by atoms with Crippen molar-refractivity contribution in [1.29, 1.82) is 0 Å². The quantitative estimate of drug-likeness (QED) is 0.757. The third-order valence-electron chi connectivity index (χ3n) is 2.42. The molecule has 1 heterocycles. The molecule has 0 saturated carbocycles. The van der Waals surface area contributed by atoms with E-state index in [1.54, 1.807) is 6.92 Å². The molecule has 0 unspecified atom stereocenters. The third kappa shape index (κ3) is 2.65. The van der Waals surface area contributed by atoms with Gasteiger partial charge in [0.25, 0.3) is 0 Å². The minimum atomic E-state index is 0.0203. The highest BCUT2D eigenvalue weighted by Crippen LogP contribution is 2.36. The Bertz CT molecular complexity index is 590. The van der Waals surface area contributed by atoms with Crippen molar-refractivity contribution >= 4 is 59.9 Å². The fourth-order valence-electron chi connectivity index (χ4n) is 1.60. The molecule has 0 fully saturated rings. The Balaban J connectivity index is 2.44. The average Bonchev–Trinajstić information content (AvgIpc) is 2.65. The molecule has 0 radical (unpaired) electrons. The molecule has 94 valence electrons. The summed E-state index contributed by atoms with van der Waals surface area (Å²) < 4.78 is 6.08. The Labute approximate surface area is 126 Å². The maximum atomic E-state index is 11.6. The zero-order valence-electron chi connectivity index (χ0n) is 9.75. The summed E-state index contributed by atoms with van der Waals surface area (Å²) in [5, 5.41) is 4.02. The van der Waals surface area contributed by atoms with Gasteiger partial charge in [-0.2, -0.15) is 4.37 Å². The second-order valence-electron chi connectivity index (χ2n) is 3.75. The van der Waals surface area contributed by atoms with Crippen LogP contribution in [0.3, 0.4) is 0 Å². The van der Waals surface area contributed by atoms with Crippen LogP contribution >= 0.6 is 43.4 Å². The number of rotatable bonds is 3. The van der Waals surface area contributed by atoms with Gasteiger partial charge in [0.2, 0.25) is 0 Å². The van der Waals surface area contributed by atoms with Gasteiger partial charge in [0, 0.05) is 8.95 Å². The maximum Gasteiger partial charge on any atom is 0.164 e. The fraction of sp³-hybridized carbons (Fsp3) is 0.167. The molecule has 1 aromatic carbocycles. The van der Waals surface area contributed by atoms with Gasteiger partial charge in [0.05, 0.1) is 16.9 Å². The monoisotopic (exact) mass is 388 g/mol. The first-order chi connectivity index (χ1) is 8.50. The van der Waals surface area contributed by atoms with Gasteiger partial charge in [0.15, 0.2) is 5.78 Å². The molecule has 0 atom stereocenters. The first-order valence-electron chi connectivity index (χ1n) is 5.19. The fourth-order valence-corrected chi connectivity index (χ4v) is 3.65. The molecule has 1 N–H and O–H groups in total. The third-order valence-corrected chi connectivity index (χ3v) is 4.59. The van der Waals surface area contributed by atoms with Gasteiger partial charge in [-0.05, 0) is 69.4 Å². The Morgan fingerprint density at radius 2 is 1.94 bits per heavy atom. The number of aryl methyl sites for hydroxylation is 1.